The second-order valence-electron chi connectivity index (χ2n) is 9.06. The molecule has 0 amide bonds. The summed E-state index contributed by atoms with van der Waals surface area (Å²) in [5.41, 5.74) is -0.126. The minimum atomic E-state index is -4.16. The number of benzene rings is 2. The van der Waals surface area contributed by atoms with Crippen LogP contribution in [0.3, 0.4) is 0 Å². The van der Waals surface area contributed by atoms with Crippen LogP contribution >= 0.6 is 7.75 Å². The van der Waals surface area contributed by atoms with Crippen LogP contribution in [0.15, 0.2) is 54.6 Å². The normalized spacial score (nSPS) is 16.6. The predicted octanol–water partition coefficient (Wildman–Crippen LogP) is 6.68. The number of nitro benzene ring substituents is 1. The molecule has 0 spiro atoms. The number of rotatable bonds is 13. The third-order valence-electron chi connectivity index (χ3n) is 6.53. The molecule has 196 valence electrons. The summed E-state index contributed by atoms with van der Waals surface area (Å²) >= 11 is 0. The monoisotopic (exact) mass is 518 g/mol. The summed E-state index contributed by atoms with van der Waals surface area (Å²) in [5.74, 6) is 0.104. The number of para-hydroxylation sites is 1. The molecule has 0 bridgehead atoms. The summed E-state index contributed by atoms with van der Waals surface area (Å²) in [6.07, 6.45) is 6.39. The molecule has 0 heterocycles. The number of hydrogen-bond acceptors (Lipinski definition) is 7. The number of nitrogens with one attached hydrogen (secondary N) is 1. The summed E-state index contributed by atoms with van der Waals surface area (Å²) < 4.78 is 31.3. The van der Waals surface area contributed by atoms with E-state index in [-0.39, 0.29) is 23.3 Å². The van der Waals surface area contributed by atoms with Crippen molar-refractivity contribution in [3.05, 3.63) is 64.7 Å². The van der Waals surface area contributed by atoms with Gasteiger partial charge in [-0.25, -0.2) is 4.57 Å². The van der Waals surface area contributed by atoms with Crippen molar-refractivity contribution in [2.24, 2.45) is 11.8 Å². The highest BCUT2D eigenvalue weighted by molar-refractivity contribution is 7.52. The van der Waals surface area contributed by atoms with Gasteiger partial charge in [-0.3, -0.25) is 14.9 Å². The summed E-state index contributed by atoms with van der Waals surface area (Å²) in [6.45, 7) is 4.40. The van der Waals surface area contributed by atoms with E-state index in [1.165, 1.54) is 24.3 Å². The Morgan fingerprint density at radius 1 is 1.00 bits per heavy atom. The number of ether oxygens (including phenoxy) is 1. The van der Waals surface area contributed by atoms with Crippen molar-refractivity contribution >= 4 is 19.4 Å². The van der Waals surface area contributed by atoms with E-state index in [4.69, 9.17) is 13.8 Å². The molecule has 1 aliphatic rings. The summed E-state index contributed by atoms with van der Waals surface area (Å²) in [5, 5.41) is 13.9. The molecule has 1 aliphatic carbocycles. The van der Waals surface area contributed by atoms with Crippen molar-refractivity contribution < 1.29 is 28.1 Å². The van der Waals surface area contributed by atoms with Crippen LogP contribution in [0.1, 0.15) is 58.8 Å². The maximum Gasteiger partial charge on any atom is 0.513 e. The first-order valence-electron chi connectivity index (χ1n) is 12.6. The van der Waals surface area contributed by atoms with Crippen LogP contribution in [0, 0.1) is 22.0 Å². The number of carbonyl (C=O) groups excluding carboxylic acids is 1. The first-order valence-corrected chi connectivity index (χ1v) is 14.1. The predicted molar refractivity (Wildman–Crippen MR) is 137 cm³/mol. The van der Waals surface area contributed by atoms with E-state index in [2.05, 4.69) is 18.9 Å². The van der Waals surface area contributed by atoms with Gasteiger partial charge in [0.2, 0.25) is 0 Å². The molecule has 2 atom stereocenters. The highest BCUT2D eigenvalue weighted by atomic mass is 31.2. The Morgan fingerprint density at radius 2 is 1.58 bits per heavy atom. The molecule has 1 N–H and O–H groups in total. The van der Waals surface area contributed by atoms with Crippen molar-refractivity contribution in [3.63, 3.8) is 0 Å². The zero-order valence-corrected chi connectivity index (χ0v) is 21.7. The van der Waals surface area contributed by atoms with E-state index in [9.17, 15) is 19.5 Å². The van der Waals surface area contributed by atoms with Crippen molar-refractivity contribution in [1.82, 2.24) is 5.09 Å². The van der Waals surface area contributed by atoms with Gasteiger partial charge in [-0.1, -0.05) is 64.2 Å². The van der Waals surface area contributed by atoms with Gasteiger partial charge in [-0.2, -0.15) is 5.09 Å². The summed E-state index contributed by atoms with van der Waals surface area (Å²) in [7, 11) is -4.16. The number of non-ortho nitro benzene ring substituents is 1. The zero-order chi connectivity index (χ0) is 26.0. The van der Waals surface area contributed by atoms with Crippen LogP contribution in [-0.4, -0.2) is 23.5 Å². The third kappa shape index (κ3) is 8.07. The molecule has 0 radical (unpaired) electrons. The Morgan fingerprint density at radius 3 is 2.14 bits per heavy atom. The molecular formula is C26H35N2O7P. The second-order valence-corrected chi connectivity index (χ2v) is 10.7. The molecule has 1 fully saturated rings. The van der Waals surface area contributed by atoms with Crippen LogP contribution in [0.25, 0.3) is 0 Å². The van der Waals surface area contributed by atoms with Crippen LogP contribution in [0.2, 0.25) is 0 Å². The number of nitrogens with zero attached hydrogens (tertiary/aromatic N) is 1. The van der Waals surface area contributed by atoms with Crippen molar-refractivity contribution in [3.8, 4) is 11.5 Å². The van der Waals surface area contributed by atoms with Crippen molar-refractivity contribution in [1.29, 1.82) is 0 Å². The van der Waals surface area contributed by atoms with Gasteiger partial charge in [-0.05, 0) is 48.9 Å². The van der Waals surface area contributed by atoms with Gasteiger partial charge in [0.05, 0.1) is 11.5 Å². The molecule has 2 aromatic carbocycles. The fourth-order valence-electron chi connectivity index (χ4n) is 4.26. The highest BCUT2D eigenvalue weighted by Crippen LogP contribution is 2.47. The van der Waals surface area contributed by atoms with Gasteiger partial charge >= 0.3 is 13.7 Å². The van der Waals surface area contributed by atoms with Crippen LogP contribution in [0.4, 0.5) is 5.69 Å². The lowest BCUT2D eigenvalue weighted by Gasteiger charge is -2.32. The quantitative estimate of drug-likeness (QED) is 0.135. The minimum absolute atomic E-state index is 0.0823. The topological polar surface area (TPSA) is 117 Å². The lowest BCUT2D eigenvalue weighted by Crippen LogP contribution is -2.45. The van der Waals surface area contributed by atoms with Gasteiger partial charge < -0.3 is 13.8 Å². The average Bonchev–Trinajstić information content (AvgIpc) is 2.89. The molecule has 10 heteroatoms. The first-order chi connectivity index (χ1) is 17.3. The lowest BCUT2D eigenvalue weighted by atomic mass is 9.84. The Labute approximate surface area is 212 Å². The van der Waals surface area contributed by atoms with E-state index in [1.807, 2.05) is 0 Å². The van der Waals surface area contributed by atoms with Gasteiger partial charge in [0.15, 0.2) is 0 Å². The molecule has 1 unspecified atom stereocenters. The van der Waals surface area contributed by atoms with Crippen LogP contribution in [-0.2, 0) is 14.1 Å². The Bertz CT molecular complexity index is 1020. The Balaban J connectivity index is 1.87. The van der Waals surface area contributed by atoms with Crippen LogP contribution in [0.5, 0.6) is 11.5 Å². The lowest BCUT2D eigenvalue weighted by molar-refractivity contribution is -0.384. The molecule has 0 aromatic heterocycles. The zero-order valence-electron chi connectivity index (χ0n) is 20.8. The van der Waals surface area contributed by atoms with Gasteiger partial charge in [-0.15, -0.1) is 0 Å². The van der Waals surface area contributed by atoms with Crippen LogP contribution < -0.4 is 14.1 Å². The van der Waals surface area contributed by atoms with E-state index in [0.29, 0.717) is 12.4 Å². The third-order valence-corrected chi connectivity index (χ3v) is 8.03. The number of hydrogen-bond donors (Lipinski definition) is 1. The second kappa shape index (κ2) is 13.4. The summed E-state index contributed by atoms with van der Waals surface area (Å²) in [4.78, 5) is 23.8. The molecule has 2 aromatic rings. The van der Waals surface area contributed by atoms with Gasteiger partial charge in [0, 0.05) is 12.1 Å². The van der Waals surface area contributed by atoms with E-state index < -0.39 is 24.7 Å². The molecule has 1 saturated carbocycles. The molecule has 36 heavy (non-hydrogen) atoms. The maximum atomic E-state index is 14.1. The van der Waals surface area contributed by atoms with E-state index >= 15 is 0 Å². The standard InChI is InChI=1S/C26H35N2O7P/c1-3-20(4-2)19-33-26(29)25(21-11-7-5-8-12-21)27-36(32,34-23-13-9-6-10-14-23)35-24-17-15-22(16-18-24)28(30)31/h6,9-10,13-18,20-21,25H,3-5,7-8,11-12,19H2,1-2H3,(H,27,32)/t25-,36?/m0/s1. The largest absolute Gasteiger partial charge is 0.513 e. The van der Waals surface area contributed by atoms with Gasteiger partial charge in [0.1, 0.15) is 17.5 Å². The fraction of sp³-hybridized carbons (Fsp3) is 0.500. The molecule has 3 rings (SSSR count). The minimum Gasteiger partial charge on any atom is -0.464 e. The maximum absolute atomic E-state index is 14.1. The first kappa shape index (κ1) is 27.7. The Hall–Kier alpha value is -2.90. The number of esters is 1. The Kier molecular flexibility index (Phi) is 10.3. The SMILES string of the molecule is CCC(CC)COC(=O)[C@@H](NP(=O)(Oc1ccccc1)Oc1ccc([N+](=O)[O-])cc1)C1CCCCC1. The molecule has 0 aliphatic heterocycles. The smallest absolute Gasteiger partial charge is 0.464 e. The van der Waals surface area contributed by atoms with E-state index in [1.54, 1.807) is 30.3 Å². The number of nitro groups is 1. The highest BCUT2D eigenvalue weighted by Gasteiger charge is 2.40. The van der Waals surface area contributed by atoms with E-state index in [0.717, 1.165) is 44.9 Å². The van der Waals surface area contributed by atoms with Crippen molar-refractivity contribution in [2.75, 3.05) is 6.61 Å². The fourth-order valence-corrected chi connectivity index (χ4v) is 5.86. The summed E-state index contributed by atoms with van der Waals surface area (Å²) in [6, 6.07) is 12.8. The molecule has 0 saturated heterocycles. The average molecular weight is 519 g/mol. The molecular weight excluding hydrogens is 483 g/mol. The molecule has 9 nitrogen and oxygen atoms in total. The van der Waals surface area contributed by atoms with Gasteiger partial charge in [0.25, 0.3) is 5.69 Å². The number of carbonyl (C=O) groups is 1. The van der Waals surface area contributed by atoms with Crippen molar-refractivity contribution in [2.45, 2.75) is 64.8 Å².